The third-order valence-corrected chi connectivity index (χ3v) is 5.35. The molecule has 6 atom stereocenters. The van der Waals surface area contributed by atoms with Crippen LogP contribution in [-0.2, 0) is 4.79 Å². The maximum atomic E-state index is 11.3. The van der Waals surface area contributed by atoms with Gasteiger partial charge in [-0.3, -0.25) is 30.3 Å². The largest absolute Gasteiger partial charge is 0.386 e. The van der Waals surface area contributed by atoms with Crippen LogP contribution in [0.4, 0.5) is 0 Å². The predicted octanol–water partition coefficient (Wildman–Crippen LogP) is 1.12. The molecule has 6 unspecified atom stereocenters. The van der Waals surface area contributed by atoms with Crippen molar-refractivity contribution < 1.29 is 34.9 Å². The molecule has 31 heavy (non-hydrogen) atoms. The highest BCUT2D eigenvalue weighted by molar-refractivity contribution is 5.48. The molecule has 0 bridgehead atoms. The smallest absolute Gasteiger partial charge is 0.245 e. The number of unbranched alkanes of at least 4 members (excludes halogenated alkanes) is 5. The van der Waals surface area contributed by atoms with Crippen molar-refractivity contribution in [2.24, 2.45) is 0 Å². The van der Waals surface area contributed by atoms with Crippen molar-refractivity contribution in [3.8, 4) is 0 Å². The molecule has 0 aromatic rings. The lowest BCUT2D eigenvalue weighted by atomic mass is 9.92. The highest BCUT2D eigenvalue weighted by Crippen LogP contribution is 2.20. The molecular formula is C18H33N3O10. The molecule has 0 saturated heterocycles. The number of nitrogens with zero attached hydrogens (tertiary/aromatic N) is 3. The van der Waals surface area contributed by atoms with Gasteiger partial charge in [0.2, 0.25) is 18.1 Å². The fourth-order valence-electron chi connectivity index (χ4n) is 3.40. The van der Waals surface area contributed by atoms with Gasteiger partial charge in [-0.1, -0.05) is 26.2 Å². The standard InChI is InChI=1S/C18H33N3O10/c1-2-16(23)14(20(28)29)11-15(21(30)31)18(25)12-17(24)13(19(26)27)9-7-5-3-4-6-8-10-22/h10,13-18,23-25H,2-9,11-12H2,1H3. The Hall–Kier alpha value is -2.25. The van der Waals surface area contributed by atoms with Crippen LogP contribution in [0.25, 0.3) is 0 Å². The molecule has 0 heterocycles. The van der Waals surface area contributed by atoms with Crippen LogP contribution in [0.1, 0.15) is 71.1 Å². The summed E-state index contributed by atoms with van der Waals surface area (Å²) in [5.41, 5.74) is 0. The number of aliphatic hydroxyl groups excluding tert-OH is 3. The van der Waals surface area contributed by atoms with Crippen molar-refractivity contribution in [1.82, 2.24) is 0 Å². The lowest BCUT2D eigenvalue weighted by Gasteiger charge is -2.23. The number of aldehydes is 1. The van der Waals surface area contributed by atoms with Gasteiger partial charge < -0.3 is 20.1 Å². The van der Waals surface area contributed by atoms with Crippen LogP contribution in [0.5, 0.6) is 0 Å². The summed E-state index contributed by atoms with van der Waals surface area (Å²) in [5, 5.41) is 63.9. The minimum atomic E-state index is -1.86. The molecule has 0 aliphatic carbocycles. The van der Waals surface area contributed by atoms with E-state index in [1.165, 1.54) is 6.92 Å². The fourth-order valence-corrected chi connectivity index (χ4v) is 3.40. The SMILES string of the molecule is CCC(O)C(CC(C(O)CC(O)C(CCCCCCCC=O)[N+](=O)[O-])[N+](=O)[O-])[N+](=O)[O-]. The van der Waals surface area contributed by atoms with Gasteiger partial charge in [0.15, 0.2) is 0 Å². The van der Waals surface area contributed by atoms with E-state index in [-0.39, 0.29) is 12.8 Å². The second-order valence-electron chi connectivity index (χ2n) is 7.65. The topological polar surface area (TPSA) is 207 Å². The van der Waals surface area contributed by atoms with E-state index in [0.29, 0.717) is 19.3 Å². The number of carbonyl (C=O) groups is 1. The van der Waals surface area contributed by atoms with Crippen molar-refractivity contribution in [3.05, 3.63) is 30.3 Å². The van der Waals surface area contributed by atoms with Gasteiger partial charge >= 0.3 is 0 Å². The molecule has 0 aliphatic rings. The minimum Gasteiger partial charge on any atom is -0.386 e. The van der Waals surface area contributed by atoms with E-state index in [4.69, 9.17) is 0 Å². The fraction of sp³-hybridized carbons (Fsp3) is 0.944. The third kappa shape index (κ3) is 11.1. The van der Waals surface area contributed by atoms with E-state index in [2.05, 4.69) is 0 Å². The first-order valence-electron chi connectivity index (χ1n) is 10.4. The number of rotatable bonds is 19. The molecule has 13 nitrogen and oxygen atoms in total. The number of hydrogen-bond donors (Lipinski definition) is 3. The Morgan fingerprint density at radius 1 is 0.710 bits per heavy atom. The van der Waals surface area contributed by atoms with E-state index >= 15 is 0 Å². The summed E-state index contributed by atoms with van der Waals surface area (Å²) in [6.45, 7) is 1.46. The average Bonchev–Trinajstić information content (AvgIpc) is 2.68. The Morgan fingerprint density at radius 3 is 1.65 bits per heavy atom. The molecule has 0 amide bonds. The van der Waals surface area contributed by atoms with Crippen LogP contribution < -0.4 is 0 Å². The minimum absolute atomic E-state index is 0.00374. The van der Waals surface area contributed by atoms with E-state index in [1.807, 2.05) is 0 Å². The molecule has 3 N–H and O–H groups in total. The molecule has 180 valence electrons. The number of nitro groups is 3. The first-order valence-corrected chi connectivity index (χ1v) is 10.4. The summed E-state index contributed by atoms with van der Waals surface area (Å²) in [5.74, 6) is 0. The molecule has 0 fully saturated rings. The maximum Gasteiger partial charge on any atom is 0.245 e. The highest BCUT2D eigenvalue weighted by Gasteiger charge is 2.43. The molecule has 0 aliphatic heterocycles. The Bertz CT molecular complexity index is 577. The summed E-state index contributed by atoms with van der Waals surface area (Å²) in [6, 6.07) is -4.99. The first kappa shape index (κ1) is 28.8. The summed E-state index contributed by atoms with van der Waals surface area (Å²) in [6.07, 6.45) is -1.82. The van der Waals surface area contributed by atoms with E-state index in [9.17, 15) is 50.5 Å². The molecule has 0 aromatic heterocycles. The van der Waals surface area contributed by atoms with Gasteiger partial charge in [0.1, 0.15) is 24.6 Å². The zero-order valence-electron chi connectivity index (χ0n) is 17.7. The summed E-state index contributed by atoms with van der Waals surface area (Å²) >= 11 is 0. The molecule has 0 spiro atoms. The molecule has 0 rings (SSSR count). The lowest BCUT2D eigenvalue weighted by Crippen LogP contribution is -2.46. The van der Waals surface area contributed by atoms with Crippen LogP contribution in [0.2, 0.25) is 0 Å². The van der Waals surface area contributed by atoms with Crippen molar-refractivity contribution >= 4 is 6.29 Å². The van der Waals surface area contributed by atoms with Crippen molar-refractivity contribution in [2.45, 2.75) is 108 Å². The van der Waals surface area contributed by atoms with Crippen LogP contribution in [0.15, 0.2) is 0 Å². The van der Waals surface area contributed by atoms with Crippen molar-refractivity contribution in [1.29, 1.82) is 0 Å². The Kier molecular flexibility index (Phi) is 14.4. The molecular weight excluding hydrogens is 418 g/mol. The van der Waals surface area contributed by atoms with Gasteiger partial charge in [0.05, 0.1) is 6.42 Å². The quantitative estimate of drug-likeness (QED) is 0.110. The second kappa shape index (κ2) is 15.5. The van der Waals surface area contributed by atoms with Gasteiger partial charge in [-0.25, -0.2) is 0 Å². The maximum absolute atomic E-state index is 11.3. The van der Waals surface area contributed by atoms with E-state index in [0.717, 1.165) is 25.5 Å². The van der Waals surface area contributed by atoms with Crippen LogP contribution in [0, 0.1) is 30.3 Å². The molecule has 13 heteroatoms. The van der Waals surface area contributed by atoms with E-state index < -0.39 is 64.0 Å². The third-order valence-electron chi connectivity index (χ3n) is 5.35. The summed E-state index contributed by atoms with van der Waals surface area (Å²) in [4.78, 5) is 41.5. The molecule has 0 aromatic carbocycles. The van der Waals surface area contributed by atoms with Gasteiger partial charge in [-0.05, 0) is 19.3 Å². The number of aliphatic hydroxyl groups is 3. The second-order valence-corrected chi connectivity index (χ2v) is 7.65. The van der Waals surface area contributed by atoms with Crippen LogP contribution in [-0.4, -0.2) is 72.8 Å². The zero-order chi connectivity index (χ0) is 24.0. The van der Waals surface area contributed by atoms with Gasteiger partial charge in [0, 0.05) is 34.0 Å². The lowest BCUT2D eigenvalue weighted by molar-refractivity contribution is -0.574. The van der Waals surface area contributed by atoms with Gasteiger partial charge in [-0.2, -0.15) is 0 Å². The van der Waals surface area contributed by atoms with Crippen LogP contribution >= 0.6 is 0 Å². The Labute approximate surface area is 179 Å². The first-order chi connectivity index (χ1) is 14.6. The highest BCUT2D eigenvalue weighted by atomic mass is 16.6. The molecule has 0 saturated carbocycles. The number of carbonyl (C=O) groups excluding carboxylic acids is 1. The van der Waals surface area contributed by atoms with Gasteiger partial charge in [-0.15, -0.1) is 0 Å². The number of hydrogen-bond acceptors (Lipinski definition) is 10. The summed E-state index contributed by atoms with van der Waals surface area (Å²) < 4.78 is 0. The van der Waals surface area contributed by atoms with Crippen LogP contribution in [0.3, 0.4) is 0 Å². The molecule has 0 radical (unpaired) electrons. The van der Waals surface area contributed by atoms with Gasteiger partial charge in [0.25, 0.3) is 0 Å². The van der Waals surface area contributed by atoms with Crippen molar-refractivity contribution in [2.75, 3.05) is 0 Å². The summed E-state index contributed by atoms with van der Waals surface area (Å²) in [7, 11) is 0. The monoisotopic (exact) mass is 451 g/mol. The van der Waals surface area contributed by atoms with Crippen molar-refractivity contribution in [3.63, 3.8) is 0 Å². The average molecular weight is 451 g/mol. The predicted molar refractivity (Wildman–Crippen MR) is 108 cm³/mol. The Morgan fingerprint density at radius 2 is 1.16 bits per heavy atom. The zero-order valence-corrected chi connectivity index (χ0v) is 17.7. The van der Waals surface area contributed by atoms with E-state index in [1.54, 1.807) is 0 Å². The Balaban J connectivity index is 4.91. The normalized spacial score (nSPS) is 17.2.